The van der Waals surface area contributed by atoms with Crippen molar-refractivity contribution >= 4 is 17.1 Å². The summed E-state index contributed by atoms with van der Waals surface area (Å²) in [6.45, 7) is 7.03. The third kappa shape index (κ3) is 6.43. The zero-order valence-electron chi connectivity index (χ0n) is 31.9. The molecule has 0 radical (unpaired) electrons. The number of benzene rings is 6. The highest BCUT2D eigenvalue weighted by molar-refractivity contribution is 5.86. The van der Waals surface area contributed by atoms with Gasteiger partial charge in [-0.2, -0.15) is 0 Å². The molecule has 3 aliphatic rings. The van der Waals surface area contributed by atoms with E-state index >= 15 is 0 Å². The SMILES string of the molecule is Cc1cc(N(c2ccc(C3CCCCC3)cc2)c2ccc3c(c2)C(C)(C)c2ccccc2-3)ccc1-c1cccc(-c2ccc(C3CCCCC3)cc2)c1. The Kier molecular flexibility index (Phi) is 9.07. The molecule has 0 atom stereocenters. The van der Waals surface area contributed by atoms with Gasteiger partial charge in [0.2, 0.25) is 0 Å². The largest absolute Gasteiger partial charge is 0.310 e. The highest BCUT2D eigenvalue weighted by Crippen LogP contribution is 2.51. The van der Waals surface area contributed by atoms with E-state index in [1.54, 1.807) is 0 Å². The van der Waals surface area contributed by atoms with Gasteiger partial charge in [0.25, 0.3) is 0 Å². The molecule has 53 heavy (non-hydrogen) atoms. The van der Waals surface area contributed by atoms with E-state index < -0.39 is 0 Å². The van der Waals surface area contributed by atoms with Crippen LogP contribution in [-0.2, 0) is 5.41 Å². The predicted molar refractivity (Wildman–Crippen MR) is 226 cm³/mol. The van der Waals surface area contributed by atoms with Gasteiger partial charge in [-0.3, -0.25) is 0 Å². The summed E-state index contributed by atoms with van der Waals surface area (Å²) in [5.74, 6) is 1.43. The summed E-state index contributed by atoms with van der Waals surface area (Å²) >= 11 is 0. The van der Waals surface area contributed by atoms with Crippen molar-refractivity contribution in [2.45, 2.75) is 102 Å². The number of aryl methyl sites for hydroxylation is 1. The molecule has 0 N–H and O–H groups in total. The van der Waals surface area contributed by atoms with Crippen LogP contribution in [0.25, 0.3) is 33.4 Å². The summed E-state index contributed by atoms with van der Waals surface area (Å²) in [6.07, 6.45) is 13.5. The first-order valence-corrected chi connectivity index (χ1v) is 20.4. The van der Waals surface area contributed by atoms with Gasteiger partial charge in [-0.15, -0.1) is 0 Å². The van der Waals surface area contributed by atoms with Gasteiger partial charge >= 0.3 is 0 Å². The fourth-order valence-electron chi connectivity index (χ4n) is 9.97. The first-order valence-electron chi connectivity index (χ1n) is 20.4. The van der Waals surface area contributed by atoms with Crippen molar-refractivity contribution < 1.29 is 0 Å². The molecule has 6 aromatic carbocycles. The van der Waals surface area contributed by atoms with E-state index in [0.717, 1.165) is 5.92 Å². The molecule has 0 bridgehead atoms. The summed E-state index contributed by atoms with van der Waals surface area (Å²) in [5.41, 5.74) is 18.5. The zero-order valence-corrected chi connectivity index (χ0v) is 31.9. The van der Waals surface area contributed by atoms with E-state index in [1.807, 2.05) is 0 Å². The van der Waals surface area contributed by atoms with Crippen molar-refractivity contribution in [3.63, 3.8) is 0 Å². The Balaban J connectivity index is 1.07. The quantitative estimate of drug-likeness (QED) is 0.161. The second-order valence-corrected chi connectivity index (χ2v) is 16.7. The van der Waals surface area contributed by atoms with Crippen LogP contribution in [0.3, 0.4) is 0 Å². The maximum absolute atomic E-state index is 2.48. The standard InChI is InChI=1S/C52H53N/c1-36-33-45(29-31-47(36)43-18-12-17-42(34-43)41-23-21-39(22-24-41)37-13-6-4-7-14-37)53(44-27-25-40(26-28-44)38-15-8-5-9-16-38)46-30-32-49-48-19-10-11-20-50(48)52(2,3)51(49)35-46/h10-12,17-35,37-38H,4-9,13-16H2,1-3H3. The van der Waals surface area contributed by atoms with E-state index in [-0.39, 0.29) is 5.41 Å². The summed E-state index contributed by atoms with van der Waals surface area (Å²) in [4.78, 5) is 2.48. The van der Waals surface area contributed by atoms with E-state index in [9.17, 15) is 0 Å². The van der Waals surface area contributed by atoms with Crippen molar-refractivity contribution in [2.75, 3.05) is 4.90 Å². The monoisotopic (exact) mass is 691 g/mol. The summed E-state index contributed by atoms with van der Waals surface area (Å²) < 4.78 is 0. The number of fused-ring (bicyclic) bond motifs is 3. The Labute approximate surface area is 317 Å². The molecular weight excluding hydrogens is 639 g/mol. The van der Waals surface area contributed by atoms with E-state index in [2.05, 4.69) is 159 Å². The van der Waals surface area contributed by atoms with Crippen molar-refractivity contribution in [3.8, 4) is 33.4 Å². The highest BCUT2D eigenvalue weighted by Gasteiger charge is 2.35. The summed E-state index contributed by atoms with van der Waals surface area (Å²) in [7, 11) is 0. The molecule has 1 nitrogen and oxygen atoms in total. The van der Waals surface area contributed by atoms with E-state index in [1.165, 1.54) is 142 Å². The van der Waals surface area contributed by atoms with Crippen molar-refractivity contribution in [1.82, 2.24) is 0 Å². The zero-order chi connectivity index (χ0) is 35.9. The van der Waals surface area contributed by atoms with Crippen LogP contribution in [0.15, 0.2) is 133 Å². The van der Waals surface area contributed by atoms with Crippen molar-refractivity contribution in [2.24, 2.45) is 0 Å². The Morgan fingerprint density at radius 2 is 0.981 bits per heavy atom. The molecule has 6 aromatic rings. The van der Waals surface area contributed by atoms with Crippen LogP contribution in [0.1, 0.15) is 118 Å². The highest BCUT2D eigenvalue weighted by atomic mass is 15.1. The van der Waals surface area contributed by atoms with Crippen LogP contribution < -0.4 is 4.90 Å². The molecule has 1 heteroatoms. The predicted octanol–water partition coefficient (Wildman–Crippen LogP) is 15.2. The summed E-state index contributed by atoms with van der Waals surface area (Å²) in [6, 6.07) is 51.3. The Bertz CT molecular complexity index is 2230. The molecule has 0 amide bonds. The molecule has 2 fully saturated rings. The van der Waals surface area contributed by atoms with Gasteiger partial charge in [-0.25, -0.2) is 0 Å². The van der Waals surface area contributed by atoms with Gasteiger partial charge in [0, 0.05) is 22.5 Å². The minimum Gasteiger partial charge on any atom is -0.310 e. The third-order valence-corrected chi connectivity index (χ3v) is 13.0. The fraction of sp³-hybridized carbons (Fsp3) is 0.308. The molecule has 3 aliphatic carbocycles. The summed E-state index contributed by atoms with van der Waals surface area (Å²) in [5, 5.41) is 0. The maximum atomic E-state index is 2.48. The van der Waals surface area contributed by atoms with Gasteiger partial charge < -0.3 is 4.90 Å². The third-order valence-electron chi connectivity index (χ3n) is 13.0. The second-order valence-electron chi connectivity index (χ2n) is 16.7. The average molecular weight is 692 g/mol. The molecule has 2 saturated carbocycles. The average Bonchev–Trinajstić information content (AvgIpc) is 3.44. The van der Waals surface area contributed by atoms with Crippen LogP contribution in [0.5, 0.6) is 0 Å². The molecular formula is C52H53N. The van der Waals surface area contributed by atoms with E-state index in [4.69, 9.17) is 0 Å². The number of rotatable bonds is 7. The topological polar surface area (TPSA) is 3.24 Å². The number of nitrogens with zero attached hydrogens (tertiary/aromatic N) is 1. The van der Waals surface area contributed by atoms with E-state index in [0.29, 0.717) is 5.92 Å². The first-order chi connectivity index (χ1) is 25.9. The molecule has 0 heterocycles. The molecule has 0 unspecified atom stereocenters. The number of hydrogen-bond acceptors (Lipinski definition) is 1. The van der Waals surface area contributed by atoms with Gasteiger partial charge in [0.15, 0.2) is 0 Å². The van der Waals surface area contributed by atoms with Crippen LogP contribution in [0.2, 0.25) is 0 Å². The van der Waals surface area contributed by atoms with Crippen LogP contribution >= 0.6 is 0 Å². The van der Waals surface area contributed by atoms with Crippen molar-refractivity contribution in [3.05, 3.63) is 161 Å². The van der Waals surface area contributed by atoms with Crippen LogP contribution in [0, 0.1) is 6.92 Å². The fourth-order valence-corrected chi connectivity index (χ4v) is 9.97. The molecule has 0 aromatic heterocycles. The molecule has 266 valence electrons. The van der Waals surface area contributed by atoms with Crippen LogP contribution in [-0.4, -0.2) is 0 Å². The van der Waals surface area contributed by atoms with Gasteiger partial charge in [-0.05, 0) is 148 Å². The van der Waals surface area contributed by atoms with Crippen molar-refractivity contribution in [1.29, 1.82) is 0 Å². The first kappa shape index (κ1) is 33.9. The Morgan fingerprint density at radius 1 is 0.434 bits per heavy atom. The minimum absolute atomic E-state index is 0.0561. The maximum Gasteiger partial charge on any atom is 0.0465 e. The normalized spacial score (nSPS) is 17.0. The smallest absolute Gasteiger partial charge is 0.0465 e. The second kappa shape index (κ2) is 14.2. The van der Waals surface area contributed by atoms with Gasteiger partial charge in [-0.1, -0.05) is 143 Å². The van der Waals surface area contributed by atoms with Gasteiger partial charge in [0.05, 0.1) is 0 Å². The molecule has 0 aliphatic heterocycles. The lowest BCUT2D eigenvalue weighted by molar-refractivity contribution is 0.443. The van der Waals surface area contributed by atoms with Gasteiger partial charge in [0.1, 0.15) is 0 Å². The lowest BCUT2D eigenvalue weighted by atomic mass is 9.82. The Morgan fingerprint density at radius 3 is 1.64 bits per heavy atom. The lowest BCUT2D eigenvalue weighted by Crippen LogP contribution is -2.16. The van der Waals surface area contributed by atoms with Crippen LogP contribution in [0.4, 0.5) is 17.1 Å². The lowest BCUT2D eigenvalue weighted by Gasteiger charge is -2.29. The molecule has 0 saturated heterocycles. The molecule has 0 spiro atoms. The molecule has 9 rings (SSSR count). The Hall–Kier alpha value is -4.88. The number of anilines is 3. The number of hydrogen-bond donors (Lipinski definition) is 0. The minimum atomic E-state index is -0.0561.